The van der Waals surface area contributed by atoms with E-state index in [1.54, 1.807) is 0 Å². The van der Waals surface area contributed by atoms with Crippen LogP contribution in [0, 0.1) is 18.8 Å². The molecule has 1 saturated heterocycles. The second kappa shape index (κ2) is 7.25. The fourth-order valence-electron chi connectivity index (χ4n) is 3.26. The number of piperidine rings is 1. The second-order valence-corrected chi connectivity index (χ2v) is 7.22. The number of allylic oxidation sites excluding steroid dienone is 2. The van der Waals surface area contributed by atoms with E-state index in [0.717, 1.165) is 37.8 Å². The van der Waals surface area contributed by atoms with Crippen molar-refractivity contribution in [1.29, 1.82) is 0 Å². The third-order valence-corrected chi connectivity index (χ3v) is 5.52. The highest BCUT2D eigenvalue weighted by atomic mass is 32.1. The number of aryl methyl sites for hydroxylation is 1. The van der Waals surface area contributed by atoms with E-state index < -0.39 is 0 Å². The summed E-state index contributed by atoms with van der Waals surface area (Å²) in [5, 5.41) is 5.49. The Labute approximate surface area is 140 Å². The number of thiazole rings is 1. The maximum Gasteiger partial charge on any atom is 0.229 e. The van der Waals surface area contributed by atoms with E-state index >= 15 is 0 Å². The van der Waals surface area contributed by atoms with Crippen LogP contribution in [0.1, 0.15) is 37.8 Å². The number of rotatable bonds is 3. The van der Waals surface area contributed by atoms with Gasteiger partial charge in [-0.15, -0.1) is 11.3 Å². The lowest BCUT2D eigenvalue weighted by Gasteiger charge is -2.34. The summed E-state index contributed by atoms with van der Waals surface area (Å²) < 4.78 is 0. The van der Waals surface area contributed by atoms with Crippen molar-refractivity contribution in [2.75, 3.05) is 18.4 Å². The van der Waals surface area contributed by atoms with E-state index in [0.29, 0.717) is 18.2 Å². The normalized spacial score (nSPS) is 22.1. The molecule has 1 aliphatic carbocycles. The summed E-state index contributed by atoms with van der Waals surface area (Å²) in [5.41, 5.74) is 0.923. The Morgan fingerprint density at radius 3 is 2.61 bits per heavy atom. The Balaban J connectivity index is 1.48. The molecule has 2 aliphatic rings. The molecule has 0 spiro atoms. The van der Waals surface area contributed by atoms with E-state index in [4.69, 9.17) is 0 Å². The molecule has 0 radical (unpaired) electrons. The van der Waals surface area contributed by atoms with Crippen molar-refractivity contribution in [2.24, 2.45) is 11.8 Å². The van der Waals surface area contributed by atoms with Crippen LogP contribution in [0.15, 0.2) is 17.5 Å². The number of nitrogens with zero attached hydrogens (tertiary/aromatic N) is 2. The topological polar surface area (TPSA) is 62.3 Å². The molecule has 1 aromatic heterocycles. The number of aromatic nitrogens is 1. The Bertz CT molecular complexity index is 603. The molecule has 2 amide bonds. The van der Waals surface area contributed by atoms with E-state index in [1.165, 1.54) is 11.3 Å². The molecule has 1 aromatic rings. The third-order valence-electron chi connectivity index (χ3n) is 4.64. The third kappa shape index (κ3) is 3.99. The highest BCUT2D eigenvalue weighted by Gasteiger charge is 2.30. The number of nitrogens with one attached hydrogen (secondary N) is 1. The molecule has 1 fully saturated rings. The smallest absolute Gasteiger partial charge is 0.229 e. The summed E-state index contributed by atoms with van der Waals surface area (Å²) in [4.78, 5) is 31.0. The average molecular weight is 333 g/mol. The molecule has 1 N–H and O–H groups in total. The summed E-state index contributed by atoms with van der Waals surface area (Å²) in [7, 11) is 0. The van der Waals surface area contributed by atoms with Crippen molar-refractivity contribution in [3.63, 3.8) is 0 Å². The van der Waals surface area contributed by atoms with Gasteiger partial charge in [-0.25, -0.2) is 4.98 Å². The summed E-state index contributed by atoms with van der Waals surface area (Å²) >= 11 is 1.45. The van der Waals surface area contributed by atoms with Gasteiger partial charge in [-0.05, 0) is 39.0 Å². The maximum absolute atomic E-state index is 12.5. The number of anilines is 1. The van der Waals surface area contributed by atoms with Gasteiger partial charge in [0, 0.05) is 30.3 Å². The SMILES string of the molecule is Cc1csc(NC(=O)C2CCN(C(=O)C3CC=CCC3)CC2)n1. The minimum absolute atomic E-state index is 0.0190. The first-order valence-electron chi connectivity index (χ1n) is 8.30. The number of carbonyl (C=O) groups is 2. The molecule has 6 heteroatoms. The number of carbonyl (C=O) groups excluding carboxylic acids is 2. The molecule has 23 heavy (non-hydrogen) atoms. The van der Waals surface area contributed by atoms with Gasteiger partial charge < -0.3 is 10.2 Å². The predicted octanol–water partition coefficient (Wildman–Crippen LogP) is 2.98. The lowest BCUT2D eigenvalue weighted by atomic mass is 9.90. The van der Waals surface area contributed by atoms with Crippen LogP contribution in [0.4, 0.5) is 5.13 Å². The summed E-state index contributed by atoms with van der Waals surface area (Å²) in [5.74, 6) is 0.425. The van der Waals surface area contributed by atoms with Gasteiger partial charge in [-0.1, -0.05) is 12.2 Å². The van der Waals surface area contributed by atoms with Crippen LogP contribution >= 0.6 is 11.3 Å². The van der Waals surface area contributed by atoms with Crippen molar-refractivity contribution < 1.29 is 9.59 Å². The molecule has 1 aliphatic heterocycles. The summed E-state index contributed by atoms with van der Waals surface area (Å²) in [6.45, 7) is 3.29. The van der Waals surface area contributed by atoms with Gasteiger partial charge in [-0.3, -0.25) is 9.59 Å². The lowest BCUT2D eigenvalue weighted by molar-refractivity contribution is -0.138. The monoisotopic (exact) mass is 333 g/mol. The van der Waals surface area contributed by atoms with Gasteiger partial charge in [0.2, 0.25) is 11.8 Å². The van der Waals surface area contributed by atoms with Gasteiger partial charge in [0.05, 0.1) is 5.69 Å². The molecule has 2 heterocycles. The minimum atomic E-state index is -0.0190. The Hall–Kier alpha value is -1.69. The van der Waals surface area contributed by atoms with E-state index in [-0.39, 0.29) is 23.7 Å². The van der Waals surface area contributed by atoms with Gasteiger partial charge in [-0.2, -0.15) is 0 Å². The van der Waals surface area contributed by atoms with Gasteiger partial charge >= 0.3 is 0 Å². The zero-order valence-corrected chi connectivity index (χ0v) is 14.3. The molecule has 0 bridgehead atoms. The van der Waals surface area contributed by atoms with Crippen LogP contribution in [0.5, 0.6) is 0 Å². The van der Waals surface area contributed by atoms with Crippen molar-refractivity contribution >= 4 is 28.3 Å². The second-order valence-electron chi connectivity index (χ2n) is 6.36. The number of likely N-dealkylation sites (tertiary alicyclic amines) is 1. The van der Waals surface area contributed by atoms with Crippen LogP contribution in [-0.2, 0) is 9.59 Å². The van der Waals surface area contributed by atoms with Crippen LogP contribution in [0.3, 0.4) is 0 Å². The summed E-state index contributed by atoms with van der Waals surface area (Å²) in [6, 6.07) is 0. The van der Waals surface area contributed by atoms with Crippen molar-refractivity contribution in [2.45, 2.75) is 39.0 Å². The molecule has 3 rings (SSSR count). The van der Waals surface area contributed by atoms with Crippen molar-refractivity contribution in [3.8, 4) is 0 Å². The van der Waals surface area contributed by atoms with Crippen molar-refractivity contribution in [3.05, 3.63) is 23.2 Å². The Kier molecular flexibility index (Phi) is 5.10. The Morgan fingerprint density at radius 2 is 2.00 bits per heavy atom. The van der Waals surface area contributed by atoms with Crippen molar-refractivity contribution in [1.82, 2.24) is 9.88 Å². The lowest BCUT2D eigenvalue weighted by Crippen LogP contribution is -2.44. The molecule has 5 nitrogen and oxygen atoms in total. The van der Waals surface area contributed by atoms with Gasteiger partial charge in [0.15, 0.2) is 5.13 Å². The van der Waals surface area contributed by atoms with Crippen LogP contribution < -0.4 is 5.32 Å². The molecule has 0 aromatic carbocycles. The number of hydrogen-bond donors (Lipinski definition) is 1. The number of hydrogen-bond acceptors (Lipinski definition) is 4. The zero-order chi connectivity index (χ0) is 16.2. The van der Waals surface area contributed by atoms with E-state index in [9.17, 15) is 9.59 Å². The van der Waals surface area contributed by atoms with Gasteiger partial charge in [0.25, 0.3) is 0 Å². The first-order valence-corrected chi connectivity index (χ1v) is 9.18. The standard InChI is InChI=1S/C17H23N3O2S/c1-12-11-23-17(18-12)19-15(21)13-7-9-20(10-8-13)16(22)14-5-3-2-4-6-14/h2-3,11,13-14H,4-10H2,1H3,(H,18,19,21). The van der Waals surface area contributed by atoms with E-state index in [2.05, 4.69) is 22.5 Å². The highest BCUT2D eigenvalue weighted by Crippen LogP contribution is 2.25. The highest BCUT2D eigenvalue weighted by molar-refractivity contribution is 7.13. The van der Waals surface area contributed by atoms with Gasteiger partial charge in [0.1, 0.15) is 0 Å². The maximum atomic E-state index is 12.5. The minimum Gasteiger partial charge on any atom is -0.342 e. The molecule has 0 saturated carbocycles. The molecular formula is C17H23N3O2S. The fraction of sp³-hybridized carbons (Fsp3) is 0.588. The fourth-order valence-corrected chi connectivity index (χ4v) is 3.95. The molecular weight excluding hydrogens is 310 g/mol. The molecule has 1 unspecified atom stereocenters. The first kappa shape index (κ1) is 16.2. The largest absolute Gasteiger partial charge is 0.342 e. The van der Waals surface area contributed by atoms with Crippen LogP contribution in [0.25, 0.3) is 0 Å². The molecule has 1 atom stereocenters. The van der Waals surface area contributed by atoms with Crippen LogP contribution in [0.2, 0.25) is 0 Å². The summed E-state index contributed by atoms with van der Waals surface area (Å²) in [6.07, 6.45) is 8.57. The Morgan fingerprint density at radius 1 is 1.22 bits per heavy atom. The predicted molar refractivity (Wildman–Crippen MR) is 91.3 cm³/mol. The average Bonchev–Trinajstić information content (AvgIpc) is 3.00. The van der Waals surface area contributed by atoms with Crippen LogP contribution in [-0.4, -0.2) is 34.8 Å². The first-order chi connectivity index (χ1) is 11.1. The zero-order valence-electron chi connectivity index (χ0n) is 13.5. The van der Waals surface area contributed by atoms with E-state index in [1.807, 2.05) is 17.2 Å². The molecule has 124 valence electrons. The number of amides is 2. The quantitative estimate of drug-likeness (QED) is 0.865.